The molecule has 18 heavy (non-hydrogen) atoms. The summed E-state index contributed by atoms with van der Waals surface area (Å²) < 4.78 is 0. The van der Waals surface area contributed by atoms with Crippen LogP contribution in [0.2, 0.25) is 0 Å². The summed E-state index contributed by atoms with van der Waals surface area (Å²) in [5, 5.41) is 6.68. The van der Waals surface area contributed by atoms with Gasteiger partial charge in [0.25, 0.3) is 0 Å². The fourth-order valence-corrected chi connectivity index (χ4v) is 2.73. The van der Waals surface area contributed by atoms with Crippen LogP contribution in [0.15, 0.2) is 29.8 Å². The Morgan fingerprint density at radius 2 is 2.28 bits per heavy atom. The zero-order valence-corrected chi connectivity index (χ0v) is 11.6. The van der Waals surface area contributed by atoms with Crippen molar-refractivity contribution in [3.8, 4) is 0 Å². The van der Waals surface area contributed by atoms with Gasteiger partial charge in [-0.3, -0.25) is 0 Å². The number of anilines is 1. The topological polar surface area (TPSA) is 50.9 Å². The Morgan fingerprint density at radius 1 is 1.44 bits per heavy atom. The van der Waals surface area contributed by atoms with Gasteiger partial charge < -0.3 is 11.1 Å². The maximum atomic E-state index is 5.98. The van der Waals surface area contributed by atoms with Crippen LogP contribution in [0.4, 0.5) is 5.69 Å². The monoisotopic (exact) mass is 261 g/mol. The highest BCUT2D eigenvalue weighted by Crippen LogP contribution is 2.20. The van der Waals surface area contributed by atoms with Crippen LogP contribution < -0.4 is 11.1 Å². The average molecular weight is 261 g/mol. The highest BCUT2D eigenvalue weighted by molar-refractivity contribution is 7.09. The molecule has 2 aromatic rings. The lowest BCUT2D eigenvalue weighted by atomic mass is 10.1. The van der Waals surface area contributed by atoms with Crippen molar-refractivity contribution in [1.82, 2.24) is 10.3 Å². The lowest BCUT2D eigenvalue weighted by Crippen LogP contribution is -2.20. The lowest BCUT2D eigenvalue weighted by Gasteiger charge is -2.15. The normalized spacial score (nSPS) is 12.6. The van der Waals surface area contributed by atoms with Gasteiger partial charge in [0.2, 0.25) is 0 Å². The molecule has 4 heteroatoms. The van der Waals surface area contributed by atoms with Gasteiger partial charge in [-0.15, -0.1) is 11.3 Å². The fourth-order valence-electron chi connectivity index (χ4n) is 1.93. The number of thiazole rings is 1. The second-order valence-corrected chi connectivity index (χ2v) is 5.34. The van der Waals surface area contributed by atoms with Crippen LogP contribution in [-0.4, -0.2) is 4.98 Å². The summed E-state index contributed by atoms with van der Waals surface area (Å²) in [6.45, 7) is 5.03. The average Bonchev–Trinajstić information content (AvgIpc) is 2.88. The quantitative estimate of drug-likeness (QED) is 0.812. The SMILES string of the molecule is CCC(NCc1cc(C)ccc1N)c1nccs1. The first-order valence-corrected chi connectivity index (χ1v) is 7.06. The van der Waals surface area contributed by atoms with Crippen molar-refractivity contribution >= 4 is 17.0 Å². The maximum Gasteiger partial charge on any atom is 0.109 e. The number of nitrogens with zero attached hydrogens (tertiary/aromatic N) is 1. The van der Waals surface area contributed by atoms with Gasteiger partial charge in [-0.25, -0.2) is 4.98 Å². The highest BCUT2D eigenvalue weighted by Gasteiger charge is 2.11. The van der Waals surface area contributed by atoms with Gasteiger partial charge >= 0.3 is 0 Å². The lowest BCUT2D eigenvalue weighted by molar-refractivity contribution is 0.517. The predicted octanol–water partition coefficient (Wildman–Crippen LogP) is 3.27. The molecule has 0 saturated carbocycles. The van der Waals surface area contributed by atoms with Crippen molar-refractivity contribution in [2.75, 3.05) is 5.73 Å². The van der Waals surface area contributed by atoms with Gasteiger partial charge in [0, 0.05) is 23.8 Å². The standard InChI is InChI=1S/C14H19N3S/c1-3-13(14-16-6-7-18-14)17-9-11-8-10(2)4-5-12(11)15/h4-8,13,17H,3,9,15H2,1-2H3. The van der Waals surface area contributed by atoms with E-state index in [4.69, 9.17) is 5.73 Å². The molecule has 0 radical (unpaired) electrons. The van der Waals surface area contributed by atoms with Gasteiger partial charge in [-0.1, -0.05) is 24.6 Å². The van der Waals surface area contributed by atoms with Gasteiger partial charge in [0.1, 0.15) is 5.01 Å². The largest absolute Gasteiger partial charge is 0.398 e. The summed E-state index contributed by atoms with van der Waals surface area (Å²) in [7, 11) is 0. The highest BCUT2D eigenvalue weighted by atomic mass is 32.1. The first-order valence-electron chi connectivity index (χ1n) is 6.18. The molecule has 1 atom stereocenters. The van der Waals surface area contributed by atoms with Crippen molar-refractivity contribution in [2.45, 2.75) is 32.9 Å². The Bertz CT molecular complexity index is 494. The Kier molecular flexibility index (Phi) is 4.33. The third-order valence-electron chi connectivity index (χ3n) is 3.00. The van der Waals surface area contributed by atoms with Gasteiger partial charge in [0.05, 0.1) is 6.04 Å². The molecular formula is C14H19N3S. The number of rotatable bonds is 5. The third kappa shape index (κ3) is 3.09. The number of nitrogens with one attached hydrogen (secondary N) is 1. The molecule has 0 aliphatic heterocycles. The van der Waals surface area contributed by atoms with E-state index in [1.165, 1.54) is 5.56 Å². The molecule has 1 unspecified atom stereocenters. The summed E-state index contributed by atoms with van der Waals surface area (Å²) in [6, 6.07) is 6.45. The van der Waals surface area contributed by atoms with Crippen LogP contribution in [0.3, 0.4) is 0 Å². The molecule has 0 fully saturated rings. The van der Waals surface area contributed by atoms with Crippen molar-refractivity contribution in [3.63, 3.8) is 0 Å². The molecule has 1 aromatic heterocycles. The van der Waals surface area contributed by atoms with Crippen LogP contribution in [0.1, 0.15) is 35.5 Å². The van der Waals surface area contributed by atoms with Crippen molar-refractivity contribution < 1.29 is 0 Å². The second-order valence-electron chi connectivity index (χ2n) is 4.41. The van der Waals surface area contributed by atoms with E-state index < -0.39 is 0 Å². The Labute approximate surface area is 112 Å². The summed E-state index contributed by atoms with van der Waals surface area (Å²) >= 11 is 1.69. The molecule has 1 aromatic carbocycles. The van der Waals surface area contributed by atoms with E-state index >= 15 is 0 Å². The van der Waals surface area contributed by atoms with Crippen LogP contribution in [0.25, 0.3) is 0 Å². The summed E-state index contributed by atoms with van der Waals surface area (Å²) in [5.74, 6) is 0. The van der Waals surface area contributed by atoms with Crippen LogP contribution in [0, 0.1) is 6.92 Å². The van der Waals surface area contributed by atoms with E-state index in [-0.39, 0.29) is 0 Å². The van der Waals surface area contributed by atoms with E-state index in [1.54, 1.807) is 11.3 Å². The van der Waals surface area contributed by atoms with Crippen molar-refractivity contribution in [3.05, 3.63) is 45.9 Å². The smallest absolute Gasteiger partial charge is 0.109 e. The second kappa shape index (κ2) is 5.98. The fraction of sp³-hybridized carbons (Fsp3) is 0.357. The van der Waals surface area contributed by atoms with E-state index in [0.29, 0.717) is 6.04 Å². The Hall–Kier alpha value is -1.39. The molecule has 0 saturated heterocycles. The molecule has 0 spiro atoms. The molecule has 0 amide bonds. The number of nitrogen functional groups attached to an aromatic ring is 1. The van der Waals surface area contributed by atoms with Gasteiger partial charge in [-0.2, -0.15) is 0 Å². The molecule has 0 bridgehead atoms. The third-order valence-corrected chi connectivity index (χ3v) is 3.88. The number of hydrogen-bond donors (Lipinski definition) is 2. The summed E-state index contributed by atoms with van der Waals surface area (Å²) in [5.41, 5.74) is 9.23. The minimum absolute atomic E-state index is 0.310. The number of aryl methyl sites for hydroxylation is 1. The minimum atomic E-state index is 0.310. The maximum absolute atomic E-state index is 5.98. The molecule has 2 rings (SSSR count). The summed E-state index contributed by atoms with van der Waals surface area (Å²) in [4.78, 5) is 4.36. The molecule has 96 valence electrons. The predicted molar refractivity (Wildman–Crippen MR) is 77.6 cm³/mol. The molecule has 0 aliphatic carbocycles. The van der Waals surface area contributed by atoms with Gasteiger partial charge in [-0.05, 0) is 25.0 Å². The Balaban J connectivity index is 2.04. The molecule has 1 heterocycles. The first kappa shape index (κ1) is 13.1. The first-order chi connectivity index (χ1) is 8.70. The van der Waals surface area contributed by atoms with E-state index in [2.05, 4.69) is 30.2 Å². The zero-order chi connectivity index (χ0) is 13.0. The molecule has 3 nitrogen and oxygen atoms in total. The number of aromatic nitrogens is 1. The number of hydrogen-bond acceptors (Lipinski definition) is 4. The summed E-state index contributed by atoms with van der Waals surface area (Å²) in [6.07, 6.45) is 2.88. The van der Waals surface area contributed by atoms with E-state index in [9.17, 15) is 0 Å². The molecular weight excluding hydrogens is 242 g/mol. The number of nitrogens with two attached hydrogens (primary N) is 1. The van der Waals surface area contributed by atoms with Crippen LogP contribution >= 0.6 is 11.3 Å². The van der Waals surface area contributed by atoms with Crippen LogP contribution in [-0.2, 0) is 6.54 Å². The minimum Gasteiger partial charge on any atom is -0.398 e. The number of benzene rings is 1. The zero-order valence-electron chi connectivity index (χ0n) is 10.8. The van der Waals surface area contributed by atoms with Crippen molar-refractivity contribution in [1.29, 1.82) is 0 Å². The van der Waals surface area contributed by atoms with Crippen LogP contribution in [0.5, 0.6) is 0 Å². The van der Waals surface area contributed by atoms with Gasteiger partial charge in [0.15, 0.2) is 0 Å². The van der Waals surface area contributed by atoms with E-state index in [1.807, 2.05) is 23.7 Å². The molecule has 0 aliphatic rings. The molecule has 3 N–H and O–H groups in total. The van der Waals surface area contributed by atoms with E-state index in [0.717, 1.165) is 29.2 Å². The van der Waals surface area contributed by atoms with Crippen molar-refractivity contribution in [2.24, 2.45) is 0 Å². The Morgan fingerprint density at radius 3 is 2.94 bits per heavy atom.